The van der Waals surface area contributed by atoms with Crippen molar-refractivity contribution < 1.29 is 24.2 Å². The SMILES string of the molecule is COc1ccc(Cn2c3c(c4ccccc42)CC2C(=O)N(CCC(=O)O)C(=O)N2C3)cc1. The second kappa shape index (κ2) is 7.71. The van der Waals surface area contributed by atoms with Crippen molar-refractivity contribution >= 4 is 28.8 Å². The summed E-state index contributed by atoms with van der Waals surface area (Å²) in [6.07, 6.45) is 0.178. The van der Waals surface area contributed by atoms with Gasteiger partial charge in [0.2, 0.25) is 0 Å². The molecule has 3 amide bonds. The lowest BCUT2D eigenvalue weighted by Crippen LogP contribution is -2.40. The van der Waals surface area contributed by atoms with Gasteiger partial charge in [-0.15, -0.1) is 0 Å². The third-order valence-electron chi connectivity index (χ3n) is 6.36. The van der Waals surface area contributed by atoms with Crippen LogP contribution < -0.4 is 4.74 Å². The van der Waals surface area contributed by atoms with Gasteiger partial charge >= 0.3 is 12.0 Å². The predicted molar refractivity (Wildman–Crippen MR) is 116 cm³/mol. The molecule has 3 heterocycles. The molecule has 0 radical (unpaired) electrons. The fourth-order valence-corrected chi connectivity index (χ4v) is 4.77. The highest BCUT2D eigenvalue weighted by Gasteiger charge is 2.48. The van der Waals surface area contributed by atoms with E-state index in [0.717, 1.165) is 38.4 Å². The number of urea groups is 1. The molecule has 1 atom stereocenters. The number of aliphatic carboxylic acids is 1. The third kappa shape index (κ3) is 3.19. The number of fused-ring (bicyclic) bond motifs is 4. The van der Waals surface area contributed by atoms with E-state index in [9.17, 15) is 14.4 Å². The number of carboxylic acids is 1. The number of hydrogen-bond donors (Lipinski definition) is 1. The van der Waals surface area contributed by atoms with Crippen molar-refractivity contribution in [2.75, 3.05) is 13.7 Å². The molecule has 164 valence electrons. The first-order chi connectivity index (χ1) is 15.5. The van der Waals surface area contributed by atoms with Crippen molar-refractivity contribution in [2.24, 2.45) is 0 Å². The number of benzene rings is 2. The Labute approximate surface area is 184 Å². The van der Waals surface area contributed by atoms with Gasteiger partial charge in [-0.1, -0.05) is 30.3 Å². The first kappa shape index (κ1) is 20.1. The lowest BCUT2D eigenvalue weighted by Gasteiger charge is -2.28. The van der Waals surface area contributed by atoms with Crippen LogP contribution in [0.1, 0.15) is 23.2 Å². The minimum absolute atomic E-state index is 0.100. The Balaban J connectivity index is 1.52. The lowest BCUT2D eigenvalue weighted by atomic mass is 9.97. The molecule has 8 heteroatoms. The molecule has 0 bridgehead atoms. The Morgan fingerprint density at radius 2 is 1.88 bits per heavy atom. The summed E-state index contributed by atoms with van der Waals surface area (Å²) in [6, 6.07) is 15.0. The zero-order chi connectivity index (χ0) is 22.4. The second-order valence-electron chi connectivity index (χ2n) is 8.14. The molecule has 0 aliphatic carbocycles. The van der Waals surface area contributed by atoms with Gasteiger partial charge in [0, 0.05) is 36.1 Å². The van der Waals surface area contributed by atoms with E-state index in [1.807, 2.05) is 36.4 Å². The van der Waals surface area contributed by atoms with Gasteiger partial charge in [-0.2, -0.15) is 0 Å². The molecule has 2 aliphatic rings. The van der Waals surface area contributed by atoms with Crippen LogP contribution in [0.5, 0.6) is 5.75 Å². The van der Waals surface area contributed by atoms with Crippen molar-refractivity contribution in [3.05, 3.63) is 65.4 Å². The van der Waals surface area contributed by atoms with Crippen molar-refractivity contribution in [1.29, 1.82) is 0 Å². The largest absolute Gasteiger partial charge is 0.497 e. The van der Waals surface area contributed by atoms with Crippen LogP contribution in [-0.4, -0.2) is 57.1 Å². The quantitative estimate of drug-likeness (QED) is 0.604. The molecular weight excluding hydrogens is 410 g/mol. The summed E-state index contributed by atoms with van der Waals surface area (Å²) in [6.45, 7) is 0.846. The van der Waals surface area contributed by atoms with E-state index in [1.165, 1.54) is 0 Å². The summed E-state index contributed by atoms with van der Waals surface area (Å²) in [5.74, 6) is -0.553. The number of carbonyl (C=O) groups is 3. The number of para-hydroxylation sites is 1. The monoisotopic (exact) mass is 433 g/mol. The van der Waals surface area contributed by atoms with Crippen LogP contribution in [0.25, 0.3) is 10.9 Å². The number of ether oxygens (including phenoxy) is 1. The van der Waals surface area contributed by atoms with Gasteiger partial charge in [-0.05, 0) is 29.3 Å². The van der Waals surface area contributed by atoms with Crippen molar-refractivity contribution in [3.8, 4) is 5.75 Å². The maximum atomic E-state index is 12.9. The molecule has 1 unspecified atom stereocenters. The topological polar surface area (TPSA) is 92.1 Å². The second-order valence-corrected chi connectivity index (χ2v) is 8.14. The van der Waals surface area contributed by atoms with Gasteiger partial charge in [0.05, 0.1) is 20.1 Å². The van der Waals surface area contributed by atoms with E-state index in [1.54, 1.807) is 12.0 Å². The van der Waals surface area contributed by atoms with Gasteiger partial charge in [-0.25, -0.2) is 4.79 Å². The fourth-order valence-electron chi connectivity index (χ4n) is 4.77. The summed E-state index contributed by atoms with van der Waals surface area (Å²) < 4.78 is 7.46. The highest BCUT2D eigenvalue weighted by molar-refractivity contribution is 6.05. The van der Waals surface area contributed by atoms with Crippen LogP contribution in [0.2, 0.25) is 0 Å². The molecule has 1 fully saturated rings. The Kier molecular flexibility index (Phi) is 4.84. The number of aromatic nitrogens is 1. The third-order valence-corrected chi connectivity index (χ3v) is 6.36. The lowest BCUT2D eigenvalue weighted by molar-refractivity contribution is -0.137. The number of rotatable bonds is 6. The first-order valence-electron chi connectivity index (χ1n) is 10.5. The van der Waals surface area contributed by atoms with E-state index >= 15 is 0 Å². The van der Waals surface area contributed by atoms with E-state index < -0.39 is 18.0 Å². The zero-order valence-corrected chi connectivity index (χ0v) is 17.7. The Morgan fingerprint density at radius 1 is 1.12 bits per heavy atom. The summed E-state index contributed by atoms with van der Waals surface area (Å²) in [5.41, 5.74) is 4.26. The highest BCUT2D eigenvalue weighted by Crippen LogP contribution is 2.37. The molecule has 3 aromatic rings. The molecule has 0 saturated carbocycles. The van der Waals surface area contributed by atoms with Crippen LogP contribution in [-0.2, 0) is 29.1 Å². The van der Waals surface area contributed by atoms with Crippen LogP contribution in [0, 0.1) is 0 Å². The number of amides is 3. The molecule has 2 aromatic carbocycles. The molecule has 8 nitrogen and oxygen atoms in total. The summed E-state index contributed by atoms with van der Waals surface area (Å²) in [5, 5.41) is 10.1. The van der Waals surface area contributed by atoms with Crippen LogP contribution in [0.3, 0.4) is 0 Å². The normalized spacial score (nSPS) is 17.6. The maximum Gasteiger partial charge on any atom is 0.327 e. The van der Waals surface area contributed by atoms with E-state index in [0.29, 0.717) is 19.5 Å². The minimum atomic E-state index is -1.03. The number of carbonyl (C=O) groups excluding carboxylic acids is 2. The smallest absolute Gasteiger partial charge is 0.327 e. The van der Waals surface area contributed by atoms with E-state index in [-0.39, 0.29) is 18.9 Å². The Hall–Kier alpha value is -3.81. The maximum absolute atomic E-state index is 12.9. The van der Waals surface area contributed by atoms with Gasteiger partial charge in [-0.3, -0.25) is 14.5 Å². The van der Waals surface area contributed by atoms with Gasteiger partial charge in [0.15, 0.2) is 0 Å². The first-order valence-corrected chi connectivity index (χ1v) is 10.5. The standard InChI is InChI=1S/C24H23N3O5/c1-32-16-8-6-15(7-9-16)13-26-19-5-3-2-4-17(19)18-12-20-23(30)25(11-10-22(28)29)24(31)27(20)14-21(18)26/h2-9,20H,10-14H2,1H3,(H,28,29). The average molecular weight is 433 g/mol. The highest BCUT2D eigenvalue weighted by atomic mass is 16.5. The van der Waals surface area contributed by atoms with Crippen molar-refractivity contribution in [2.45, 2.75) is 32.0 Å². The minimum Gasteiger partial charge on any atom is -0.497 e. The zero-order valence-electron chi connectivity index (χ0n) is 17.7. The Morgan fingerprint density at radius 3 is 2.59 bits per heavy atom. The molecule has 0 spiro atoms. The summed E-state index contributed by atoms with van der Waals surface area (Å²) in [4.78, 5) is 39.5. The van der Waals surface area contributed by atoms with Crippen molar-refractivity contribution in [1.82, 2.24) is 14.4 Å². The molecule has 2 aliphatic heterocycles. The van der Waals surface area contributed by atoms with Gasteiger partial charge in [0.1, 0.15) is 11.8 Å². The molecular formula is C24H23N3O5. The number of nitrogens with zero attached hydrogens (tertiary/aromatic N) is 3. The van der Waals surface area contributed by atoms with E-state index in [4.69, 9.17) is 9.84 Å². The molecule has 32 heavy (non-hydrogen) atoms. The summed E-state index contributed by atoms with van der Waals surface area (Å²) in [7, 11) is 1.63. The van der Waals surface area contributed by atoms with Crippen molar-refractivity contribution in [3.63, 3.8) is 0 Å². The van der Waals surface area contributed by atoms with E-state index in [2.05, 4.69) is 16.7 Å². The fraction of sp³-hybridized carbons (Fsp3) is 0.292. The molecule has 5 rings (SSSR count). The molecule has 1 saturated heterocycles. The van der Waals surface area contributed by atoms with Gasteiger partial charge < -0.3 is 19.3 Å². The van der Waals surface area contributed by atoms with Crippen LogP contribution in [0.4, 0.5) is 4.79 Å². The molecule has 1 aromatic heterocycles. The van der Waals surface area contributed by atoms with Gasteiger partial charge in [0.25, 0.3) is 5.91 Å². The average Bonchev–Trinajstić information content (AvgIpc) is 3.23. The predicted octanol–water partition coefficient (Wildman–Crippen LogP) is 2.86. The Bertz CT molecular complexity index is 1230. The van der Waals surface area contributed by atoms with Crippen LogP contribution in [0.15, 0.2) is 48.5 Å². The summed E-state index contributed by atoms with van der Waals surface area (Å²) >= 11 is 0. The molecule has 1 N–H and O–H groups in total. The number of imide groups is 1. The number of hydrogen-bond acceptors (Lipinski definition) is 4. The number of methoxy groups -OCH3 is 1. The van der Waals surface area contributed by atoms with Crippen LogP contribution >= 0.6 is 0 Å². The number of carboxylic acid groups (broad SMARTS) is 1.